The summed E-state index contributed by atoms with van der Waals surface area (Å²) in [4.78, 5) is 2.52. The van der Waals surface area contributed by atoms with Gasteiger partial charge in [-0.3, -0.25) is 4.90 Å². The van der Waals surface area contributed by atoms with Crippen LogP contribution < -0.4 is 4.74 Å². The molecule has 1 aliphatic rings. The van der Waals surface area contributed by atoms with Crippen LogP contribution in [-0.2, 0) is 19.5 Å². The Morgan fingerprint density at radius 3 is 2.57 bits per heavy atom. The standard InChI is InChI=1S/C19H21Cl2NO/c1-13(3-4-14-5-8-18(20)19(21)9-14)22-11-15-6-7-17(23-2)10-16(15)12-22/h5-10,13H,3-4,11-12H2,1-2H3/t13-/m1/s1. The van der Waals surface area contributed by atoms with Gasteiger partial charge in [-0.15, -0.1) is 0 Å². The fourth-order valence-corrected chi connectivity index (χ4v) is 3.41. The molecule has 1 atom stereocenters. The first-order chi connectivity index (χ1) is 11.1. The Balaban J connectivity index is 1.59. The number of rotatable bonds is 5. The van der Waals surface area contributed by atoms with Gasteiger partial charge in [-0.2, -0.15) is 0 Å². The molecule has 4 heteroatoms. The quantitative estimate of drug-likeness (QED) is 0.722. The van der Waals surface area contributed by atoms with Crippen molar-refractivity contribution in [3.05, 3.63) is 63.1 Å². The second kappa shape index (κ2) is 7.12. The molecule has 3 rings (SSSR count). The number of benzene rings is 2. The topological polar surface area (TPSA) is 12.5 Å². The van der Waals surface area contributed by atoms with E-state index >= 15 is 0 Å². The normalized spacial score (nSPS) is 15.5. The second-order valence-electron chi connectivity index (χ2n) is 6.18. The highest BCUT2D eigenvalue weighted by Gasteiger charge is 2.23. The molecule has 0 radical (unpaired) electrons. The van der Waals surface area contributed by atoms with E-state index in [0.29, 0.717) is 16.1 Å². The van der Waals surface area contributed by atoms with Crippen molar-refractivity contribution in [1.29, 1.82) is 0 Å². The molecule has 2 aromatic rings. The molecule has 2 nitrogen and oxygen atoms in total. The van der Waals surface area contributed by atoms with Gasteiger partial charge in [0.05, 0.1) is 17.2 Å². The highest BCUT2D eigenvalue weighted by atomic mass is 35.5. The maximum Gasteiger partial charge on any atom is 0.119 e. The van der Waals surface area contributed by atoms with Gasteiger partial charge in [0.15, 0.2) is 0 Å². The number of hydrogen-bond donors (Lipinski definition) is 0. The summed E-state index contributed by atoms with van der Waals surface area (Å²) in [5.41, 5.74) is 4.03. The van der Waals surface area contributed by atoms with Crippen LogP contribution in [0.1, 0.15) is 30.0 Å². The Labute approximate surface area is 148 Å². The first kappa shape index (κ1) is 16.6. The van der Waals surface area contributed by atoms with Crippen molar-refractivity contribution in [2.45, 2.75) is 38.9 Å². The van der Waals surface area contributed by atoms with E-state index in [1.165, 1.54) is 16.7 Å². The first-order valence-electron chi connectivity index (χ1n) is 7.90. The van der Waals surface area contributed by atoms with Crippen molar-refractivity contribution in [2.75, 3.05) is 7.11 Å². The van der Waals surface area contributed by atoms with E-state index in [1.54, 1.807) is 7.11 Å². The van der Waals surface area contributed by atoms with E-state index < -0.39 is 0 Å². The summed E-state index contributed by atoms with van der Waals surface area (Å²) in [6, 6.07) is 12.8. The van der Waals surface area contributed by atoms with Crippen molar-refractivity contribution in [2.24, 2.45) is 0 Å². The van der Waals surface area contributed by atoms with Crippen LogP contribution in [-0.4, -0.2) is 18.1 Å². The molecule has 0 saturated heterocycles. The van der Waals surface area contributed by atoms with Crippen molar-refractivity contribution >= 4 is 23.2 Å². The molecule has 23 heavy (non-hydrogen) atoms. The lowest BCUT2D eigenvalue weighted by atomic mass is 10.1. The summed E-state index contributed by atoms with van der Waals surface area (Å²) in [5.74, 6) is 0.939. The third kappa shape index (κ3) is 3.82. The lowest BCUT2D eigenvalue weighted by Gasteiger charge is -2.23. The molecule has 0 N–H and O–H groups in total. The molecule has 0 unspecified atom stereocenters. The average molecular weight is 350 g/mol. The third-order valence-electron chi connectivity index (χ3n) is 4.62. The number of aryl methyl sites for hydroxylation is 1. The SMILES string of the molecule is COc1ccc2c(c1)CN([C@H](C)CCc1ccc(Cl)c(Cl)c1)C2. The maximum atomic E-state index is 6.09. The van der Waals surface area contributed by atoms with Crippen LogP contribution in [0.2, 0.25) is 10.0 Å². The van der Waals surface area contributed by atoms with Gasteiger partial charge in [0.25, 0.3) is 0 Å². The minimum absolute atomic E-state index is 0.517. The van der Waals surface area contributed by atoms with E-state index in [4.69, 9.17) is 27.9 Å². The van der Waals surface area contributed by atoms with Gasteiger partial charge in [-0.05, 0) is 60.7 Å². The van der Waals surface area contributed by atoms with Crippen LogP contribution in [0.15, 0.2) is 36.4 Å². The van der Waals surface area contributed by atoms with E-state index in [2.05, 4.69) is 30.0 Å². The van der Waals surface area contributed by atoms with E-state index in [1.807, 2.05) is 18.2 Å². The van der Waals surface area contributed by atoms with Crippen LogP contribution in [0.5, 0.6) is 5.75 Å². The summed E-state index contributed by atoms with van der Waals surface area (Å²) in [6.07, 6.45) is 2.11. The molecule has 0 spiro atoms. The highest BCUT2D eigenvalue weighted by Crippen LogP contribution is 2.29. The second-order valence-corrected chi connectivity index (χ2v) is 6.99. The van der Waals surface area contributed by atoms with Crippen LogP contribution in [0.4, 0.5) is 0 Å². The number of fused-ring (bicyclic) bond motifs is 1. The van der Waals surface area contributed by atoms with Crippen LogP contribution in [0.25, 0.3) is 0 Å². The van der Waals surface area contributed by atoms with Gasteiger partial charge in [-0.25, -0.2) is 0 Å². The fraction of sp³-hybridized carbons (Fsp3) is 0.368. The molecule has 0 aliphatic carbocycles. The first-order valence-corrected chi connectivity index (χ1v) is 8.66. The van der Waals surface area contributed by atoms with Crippen LogP contribution in [0, 0.1) is 0 Å². The summed E-state index contributed by atoms with van der Waals surface area (Å²) in [6.45, 7) is 4.30. The average Bonchev–Trinajstić information content (AvgIpc) is 2.98. The molecule has 0 aromatic heterocycles. The molecular formula is C19H21Cl2NO. The number of methoxy groups -OCH3 is 1. The molecule has 122 valence electrons. The largest absolute Gasteiger partial charge is 0.497 e. The Hall–Kier alpha value is -1.22. The summed E-state index contributed by atoms with van der Waals surface area (Å²) < 4.78 is 5.32. The molecule has 0 amide bonds. The minimum atomic E-state index is 0.517. The highest BCUT2D eigenvalue weighted by molar-refractivity contribution is 6.42. The van der Waals surface area contributed by atoms with Gasteiger partial charge in [-0.1, -0.05) is 35.3 Å². The Kier molecular flexibility index (Phi) is 5.15. The van der Waals surface area contributed by atoms with Crippen molar-refractivity contribution in [1.82, 2.24) is 4.90 Å². The van der Waals surface area contributed by atoms with Crippen LogP contribution >= 0.6 is 23.2 Å². The Morgan fingerprint density at radius 2 is 1.83 bits per heavy atom. The zero-order chi connectivity index (χ0) is 16.4. The van der Waals surface area contributed by atoms with Gasteiger partial charge in [0, 0.05) is 19.1 Å². The van der Waals surface area contributed by atoms with E-state index in [9.17, 15) is 0 Å². The molecular weight excluding hydrogens is 329 g/mol. The molecule has 0 saturated carbocycles. The predicted molar refractivity (Wildman–Crippen MR) is 96.5 cm³/mol. The fourth-order valence-electron chi connectivity index (χ4n) is 3.09. The van der Waals surface area contributed by atoms with Gasteiger partial charge in [0.1, 0.15) is 5.75 Å². The van der Waals surface area contributed by atoms with Crippen molar-refractivity contribution in [3.8, 4) is 5.75 Å². The molecule has 0 bridgehead atoms. The molecule has 2 aromatic carbocycles. The third-order valence-corrected chi connectivity index (χ3v) is 5.36. The minimum Gasteiger partial charge on any atom is -0.497 e. The van der Waals surface area contributed by atoms with E-state index in [0.717, 1.165) is 31.7 Å². The summed E-state index contributed by atoms with van der Waals surface area (Å²) >= 11 is 12.1. The lowest BCUT2D eigenvalue weighted by Crippen LogP contribution is -2.28. The van der Waals surface area contributed by atoms with Crippen molar-refractivity contribution in [3.63, 3.8) is 0 Å². The molecule has 1 aliphatic heterocycles. The Morgan fingerprint density at radius 1 is 1.04 bits per heavy atom. The Bertz CT molecular complexity index is 702. The smallest absolute Gasteiger partial charge is 0.119 e. The predicted octanol–water partition coefficient (Wildman–Crippen LogP) is 5.34. The molecule has 0 fully saturated rings. The van der Waals surface area contributed by atoms with Gasteiger partial charge >= 0.3 is 0 Å². The maximum absolute atomic E-state index is 6.09. The van der Waals surface area contributed by atoms with Gasteiger partial charge < -0.3 is 4.74 Å². The zero-order valence-corrected chi connectivity index (χ0v) is 15.0. The summed E-state index contributed by atoms with van der Waals surface area (Å²) in [7, 11) is 1.72. The number of hydrogen-bond acceptors (Lipinski definition) is 2. The number of nitrogens with zero attached hydrogens (tertiary/aromatic N) is 1. The number of ether oxygens (including phenoxy) is 1. The molecule has 1 heterocycles. The van der Waals surface area contributed by atoms with Gasteiger partial charge in [0.2, 0.25) is 0 Å². The lowest BCUT2D eigenvalue weighted by molar-refractivity contribution is 0.203. The number of halogens is 2. The zero-order valence-electron chi connectivity index (χ0n) is 13.5. The van der Waals surface area contributed by atoms with Crippen molar-refractivity contribution < 1.29 is 4.74 Å². The monoisotopic (exact) mass is 349 g/mol. The van der Waals surface area contributed by atoms with E-state index in [-0.39, 0.29) is 0 Å². The van der Waals surface area contributed by atoms with Crippen LogP contribution in [0.3, 0.4) is 0 Å². The summed E-state index contributed by atoms with van der Waals surface area (Å²) in [5, 5.41) is 1.25.